The second kappa shape index (κ2) is 6.16. The Kier molecular flexibility index (Phi) is 3.70. The molecular formula is C19H14N4O2. The number of hydrogen-bond acceptors (Lipinski definition) is 4. The Hall–Kier alpha value is -3.54. The Labute approximate surface area is 143 Å². The zero-order valence-corrected chi connectivity index (χ0v) is 13.2. The van der Waals surface area contributed by atoms with Crippen molar-refractivity contribution in [3.05, 3.63) is 82.6 Å². The van der Waals surface area contributed by atoms with Crippen LogP contribution in [0.15, 0.2) is 76.6 Å². The van der Waals surface area contributed by atoms with E-state index in [2.05, 4.69) is 15.1 Å². The van der Waals surface area contributed by atoms with Crippen LogP contribution in [0.1, 0.15) is 12.0 Å². The van der Waals surface area contributed by atoms with E-state index in [0.717, 1.165) is 16.1 Å². The third-order valence-corrected chi connectivity index (χ3v) is 3.88. The zero-order chi connectivity index (χ0) is 17.2. The summed E-state index contributed by atoms with van der Waals surface area (Å²) < 4.78 is 0. The molecule has 6 nitrogen and oxygen atoms in total. The van der Waals surface area contributed by atoms with Gasteiger partial charge in [0, 0.05) is 11.6 Å². The SMILES string of the molecule is O=C1CC(c2ccccc2)=NN1c1nc(-c2ccccc2)cc(=O)[nH]1. The Morgan fingerprint density at radius 2 is 1.52 bits per heavy atom. The predicted molar refractivity (Wildman–Crippen MR) is 95.4 cm³/mol. The highest BCUT2D eigenvalue weighted by Gasteiger charge is 2.28. The molecule has 0 radical (unpaired) electrons. The molecule has 0 spiro atoms. The van der Waals surface area contributed by atoms with Crippen LogP contribution in [0.2, 0.25) is 0 Å². The molecule has 0 aliphatic carbocycles. The maximum Gasteiger partial charge on any atom is 0.256 e. The quantitative estimate of drug-likeness (QED) is 0.802. The van der Waals surface area contributed by atoms with Crippen LogP contribution in [0.5, 0.6) is 0 Å². The molecule has 1 amide bonds. The molecule has 2 aromatic carbocycles. The third kappa shape index (κ3) is 2.97. The second-order valence-electron chi connectivity index (χ2n) is 5.62. The Morgan fingerprint density at radius 3 is 2.20 bits per heavy atom. The predicted octanol–water partition coefficient (Wildman–Crippen LogP) is 2.58. The summed E-state index contributed by atoms with van der Waals surface area (Å²) in [5.41, 5.74) is 2.49. The zero-order valence-electron chi connectivity index (χ0n) is 13.2. The number of nitrogens with zero attached hydrogens (tertiary/aromatic N) is 3. The number of anilines is 1. The maximum absolute atomic E-state index is 12.4. The third-order valence-electron chi connectivity index (χ3n) is 3.88. The fourth-order valence-electron chi connectivity index (χ4n) is 2.69. The van der Waals surface area contributed by atoms with E-state index in [4.69, 9.17) is 0 Å². The molecule has 0 unspecified atom stereocenters. The lowest BCUT2D eigenvalue weighted by Crippen LogP contribution is -2.24. The molecule has 6 heteroatoms. The molecule has 0 saturated heterocycles. The van der Waals surface area contributed by atoms with Crippen LogP contribution in [0.25, 0.3) is 11.3 Å². The number of amides is 1. The lowest BCUT2D eigenvalue weighted by molar-refractivity contribution is -0.117. The molecule has 2 heterocycles. The van der Waals surface area contributed by atoms with Crippen LogP contribution >= 0.6 is 0 Å². The van der Waals surface area contributed by atoms with Crippen LogP contribution in [-0.4, -0.2) is 21.6 Å². The van der Waals surface area contributed by atoms with E-state index in [-0.39, 0.29) is 23.8 Å². The monoisotopic (exact) mass is 330 g/mol. The minimum absolute atomic E-state index is 0.127. The molecule has 122 valence electrons. The topological polar surface area (TPSA) is 78.4 Å². The Morgan fingerprint density at radius 1 is 0.880 bits per heavy atom. The van der Waals surface area contributed by atoms with E-state index in [9.17, 15) is 9.59 Å². The van der Waals surface area contributed by atoms with E-state index < -0.39 is 0 Å². The molecule has 0 atom stereocenters. The molecule has 1 N–H and O–H groups in total. The molecule has 3 aromatic rings. The molecule has 0 fully saturated rings. The highest BCUT2D eigenvalue weighted by atomic mass is 16.2. The van der Waals surface area contributed by atoms with Gasteiger partial charge in [0.15, 0.2) is 0 Å². The fraction of sp³-hybridized carbons (Fsp3) is 0.0526. The fourth-order valence-corrected chi connectivity index (χ4v) is 2.69. The molecule has 1 aliphatic heterocycles. The van der Waals surface area contributed by atoms with Gasteiger partial charge in [-0.25, -0.2) is 4.98 Å². The van der Waals surface area contributed by atoms with Gasteiger partial charge in [0.1, 0.15) is 0 Å². The van der Waals surface area contributed by atoms with Gasteiger partial charge in [-0.05, 0) is 5.56 Å². The molecular weight excluding hydrogens is 316 g/mol. The maximum atomic E-state index is 12.4. The lowest BCUT2D eigenvalue weighted by Gasteiger charge is -2.11. The van der Waals surface area contributed by atoms with Crippen LogP contribution < -0.4 is 10.6 Å². The van der Waals surface area contributed by atoms with Crippen molar-refractivity contribution in [2.75, 3.05) is 5.01 Å². The summed E-state index contributed by atoms with van der Waals surface area (Å²) in [6.45, 7) is 0. The van der Waals surface area contributed by atoms with Crippen molar-refractivity contribution in [1.82, 2.24) is 9.97 Å². The first-order chi connectivity index (χ1) is 12.2. The number of carbonyl (C=O) groups excluding carboxylic acids is 1. The van der Waals surface area contributed by atoms with Crippen molar-refractivity contribution in [2.45, 2.75) is 6.42 Å². The first kappa shape index (κ1) is 15.0. The average Bonchev–Trinajstić information content (AvgIpc) is 3.04. The number of aromatic amines is 1. The number of aromatic nitrogens is 2. The van der Waals surface area contributed by atoms with Crippen molar-refractivity contribution >= 4 is 17.6 Å². The van der Waals surface area contributed by atoms with Gasteiger partial charge < -0.3 is 0 Å². The van der Waals surface area contributed by atoms with Gasteiger partial charge in [-0.1, -0.05) is 60.7 Å². The number of nitrogens with one attached hydrogen (secondary N) is 1. The van der Waals surface area contributed by atoms with E-state index in [1.165, 1.54) is 6.07 Å². The van der Waals surface area contributed by atoms with E-state index in [1.807, 2.05) is 60.7 Å². The summed E-state index contributed by atoms with van der Waals surface area (Å²) in [4.78, 5) is 31.4. The molecule has 0 bridgehead atoms. The normalized spacial score (nSPS) is 13.8. The molecule has 0 saturated carbocycles. The molecule has 1 aliphatic rings. The Balaban J connectivity index is 1.75. The highest BCUT2D eigenvalue weighted by Crippen LogP contribution is 2.21. The molecule has 1 aromatic heterocycles. The van der Waals surface area contributed by atoms with Crippen LogP contribution in [-0.2, 0) is 4.79 Å². The van der Waals surface area contributed by atoms with Crippen molar-refractivity contribution in [2.24, 2.45) is 5.10 Å². The van der Waals surface area contributed by atoms with Gasteiger partial charge in [-0.2, -0.15) is 10.1 Å². The summed E-state index contributed by atoms with van der Waals surface area (Å²) in [5.74, 6) is -0.102. The Bertz CT molecular complexity index is 1010. The van der Waals surface area contributed by atoms with E-state index in [1.54, 1.807) is 0 Å². The van der Waals surface area contributed by atoms with Crippen LogP contribution in [0.4, 0.5) is 5.95 Å². The first-order valence-corrected chi connectivity index (χ1v) is 7.83. The molecule has 4 rings (SSSR count). The van der Waals surface area contributed by atoms with Crippen molar-refractivity contribution in [1.29, 1.82) is 0 Å². The van der Waals surface area contributed by atoms with Gasteiger partial charge in [0.2, 0.25) is 5.95 Å². The largest absolute Gasteiger partial charge is 0.291 e. The smallest absolute Gasteiger partial charge is 0.256 e. The van der Waals surface area contributed by atoms with Gasteiger partial charge in [0.05, 0.1) is 17.8 Å². The van der Waals surface area contributed by atoms with Gasteiger partial charge in [-0.15, -0.1) is 0 Å². The molecule has 25 heavy (non-hydrogen) atoms. The average molecular weight is 330 g/mol. The number of H-pyrrole nitrogens is 1. The van der Waals surface area contributed by atoms with Gasteiger partial charge in [0.25, 0.3) is 11.5 Å². The highest BCUT2D eigenvalue weighted by molar-refractivity contribution is 6.18. The van der Waals surface area contributed by atoms with Crippen LogP contribution in [0.3, 0.4) is 0 Å². The summed E-state index contributed by atoms with van der Waals surface area (Å²) >= 11 is 0. The van der Waals surface area contributed by atoms with Crippen molar-refractivity contribution in [3.63, 3.8) is 0 Å². The van der Waals surface area contributed by atoms with E-state index >= 15 is 0 Å². The summed E-state index contributed by atoms with van der Waals surface area (Å²) in [5, 5.41) is 5.52. The van der Waals surface area contributed by atoms with Gasteiger partial charge in [-0.3, -0.25) is 14.6 Å². The van der Waals surface area contributed by atoms with Crippen molar-refractivity contribution < 1.29 is 4.79 Å². The summed E-state index contributed by atoms with van der Waals surface area (Å²) in [6, 6.07) is 20.2. The second-order valence-corrected chi connectivity index (χ2v) is 5.62. The standard InChI is InChI=1S/C19H14N4O2/c24-17-11-15(13-7-3-1-4-8-13)20-19(21-17)23-18(25)12-16(22-23)14-9-5-2-6-10-14/h1-11H,12H2,(H,20,21,24). The number of benzene rings is 2. The number of hydrazone groups is 1. The van der Waals surface area contributed by atoms with Gasteiger partial charge >= 0.3 is 0 Å². The minimum atomic E-state index is -0.333. The number of carbonyl (C=O) groups is 1. The summed E-state index contributed by atoms with van der Waals surface area (Å²) in [7, 11) is 0. The first-order valence-electron chi connectivity index (χ1n) is 7.83. The number of rotatable bonds is 3. The minimum Gasteiger partial charge on any atom is -0.291 e. The lowest BCUT2D eigenvalue weighted by atomic mass is 10.1. The van der Waals surface area contributed by atoms with E-state index in [0.29, 0.717) is 11.4 Å². The summed E-state index contributed by atoms with van der Waals surface area (Å²) in [6.07, 6.45) is 0.170. The number of hydrogen-bond donors (Lipinski definition) is 1. The van der Waals surface area contributed by atoms with Crippen molar-refractivity contribution in [3.8, 4) is 11.3 Å². The van der Waals surface area contributed by atoms with Crippen LogP contribution in [0, 0.1) is 0 Å².